The molecule has 1 fully saturated rings. The molecule has 1 aromatic carbocycles. The molecule has 4 rings (SSSR count). The SMILES string of the molecule is O=c1[nH][nH]c(C2CC2)c1/C=C1/C=Nc2ccccc21. The fraction of sp³-hybridized carbons (Fsp3) is 0.200. The molecule has 0 saturated heterocycles. The summed E-state index contributed by atoms with van der Waals surface area (Å²) in [5.74, 6) is 0.513. The highest BCUT2D eigenvalue weighted by molar-refractivity contribution is 6.21. The Bertz CT molecular complexity index is 760. The van der Waals surface area contributed by atoms with Crippen LogP contribution in [0.25, 0.3) is 11.6 Å². The molecule has 2 N–H and O–H groups in total. The van der Waals surface area contributed by atoms with E-state index in [1.54, 1.807) is 0 Å². The van der Waals surface area contributed by atoms with Crippen LogP contribution in [0.15, 0.2) is 34.1 Å². The van der Waals surface area contributed by atoms with Gasteiger partial charge in [0.1, 0.15) is 0 Å². The molecular formula is C15H13N3O. The van der Waals surface area contributed by atoms with Gasteiger partial charge in [0.05, 0.1) is 11.3 Å². The molecule has 1 aromatic heterocycles. The van der Waals surface area contributed by atoms with Crippen LogP contribution in [0, 0.1) is 0 Å². The Labute approximate surface area is 109 Å². The highest BCUT2D eigenvalue weighted by atomic mass is 16.1. The van der Waals surface area contributed by atoms with Gasteiger partial charge < -0.3 is 5.10 Å². The highest BCUT2D eigenvalue weighted by Gasteiger charge is 2.28. The Morgan fingerprint density at radius 1 is 1.21 bits per heavy atom. The Hall–Kier alpha value is -2.36. The van der Waals surface area contributed by atoms with Crippen LogP contribution in [-0.4, -0.2) is 16.4 Å². The molecule has 2 aromatic rings. The number of hydrogen-bond donors (Lipinski definition) is 2. The summed E-state index contributed by atoms with van der Waals surface area (Å²) >= 11 is 0. The van der Waals surface area contributed by atoms with Crippen molar-refractivity contribution < 1.29 is 0 Å². The average Bonchev–Trinajstić information content (AvgIpc) is 3.10. The summed E-state index contributed by atoms with van der Waals surface area (Å²) in [6, 6.07) is 7.98. The number of nitrogens with zero attached hydrogens (tertiary/aromatic N) is 1. The van der Waals surface area contributed by atoms with E-state index < -0.39 is 0 Å². The van der Waals surface area contributed by atoms with Crippen molar-refractivity contribution in [1.82, 2.24) is 10.2 Å². The molecule has 0 unspecified atom stereocenters. The van der Waals surface area contributed by atoms with Gasteiger partial charge in [-0.25, -0.2) is 0 Å². The van der Waals surface area contributed by atoms with Gasteiger partial charge in [0.2, 0.25) is 0 Å². The second kappa shape index (κ2) is 3.82. The number of H-pyrrole nitrogens is 2. The zero-order valence-corrected chi connectivity index (χ0v) is 10.3. The van der Waals surface area contributed by atoms with Crippen LogP contribution in [0.1, 0.15) is 35.6 Å². The first-order chi connectivity index (χ1) is 9.33. The van der Waals surface area contributed by atoms with Crippen molar-refractivity contribution in [1.29, 1.82) is 0 Å². The molecule has 1 aliphatic carbocycles. The summed E-state index contributed by atoms with van der Waals surface area (Å²) in [5, 5.41) is 5.69. The molecule has 19 heavy (non-hydrogen) atoms. The van der Waals surface area contributed by atoms with Gasteiger partial charge in [-0.3, -0.25) is 14.9 Å². The van der Waals surface area contributed by atoms with Crippen molar-refractivity contribution in [3.63, 3.8) is 0 Å². The van der Waals surface area contributed by atoms with Crippen molar-refractivity contribution in [2.45, 2.75) is 18.8 Å². The van der Waals surface area contributed by atoms with Gasteiger partial charge in [-0.15, -0.1) is 0 Å². The monoisotopic (exact) mass is 251 g/mol. The molecule has 0 atom stereocenters. The van der Waals surface area contributed by atoms with E-state index in [-0.39, 0.29) is 5.56 Å². The molecule has 0 amide bonds. The van der Waals surface area contributed by atoms with E-state index in [0.717, 1.165) is 40.9 Å². The molecule has 2 heterocycles. The zero-order valence-electron chi connectivity index (χ0n) is 10.3. The van der Waals surface area contributed by atoms with Crippen LogP contribution in [0.5, 0.6) is 0 Å². The number of aromatic nitrogens is 2. The summed E-state index contributed by atoms with van der Waals surface area (Å²) in [6.07, 6.45) is 6.09. The quantitative estimate of drug-likeness (QED) is 0.847. The molecule has 4 heteroatoms. The predicted molar refractivity (Wildman–Crippen MR) is 75.9 cm³/mol. The van der Waals surface area contributed by atoms with Crippen molar-refractivity contribution in [2.24, 2.45) is 4.99 Å². The van der Waals surface area contributed by atoms with Crippen LogP contribution in [-0.2, 0) is 0 Å². The van der Waals surface area contributed by atoms with Crippen LogP contribution >= 0.6 is 0 Å². The number of fused-ring (bicyclic) bond motifs is 1. The normalized spacial score (nSPS) is 19.1. The number of nitrogens with one attached hydrogen (secondary N) is 2. The minimum atomic E-state index is -0.0489. The first-order valence-corrected chi connectivity index (χ1v) is 6.48. The lowest BCUT2D eigenvalue weighted by Gasteiger charge is -1.99. The van der Waals surface area contributed by atoms with Crippen LogP contribution in [0.3, 0.4) is 0 Å². The third-order valence-corrected chi connectivity index (χ3v) is 3.69. The van der Waals surface area contributed by atoms with Crippen molar-refractivity contribution >= 4 is 23.6 Å². The molecule has 4 nitrogen and oxygen atoms in total. The Morgan fingerprint density at radius 2 is 2.05 bits per heavy atom. The number of hydrogen-bond acceptors (Lipinski definition) is 2. The maximum atomic E-state index is 11.9. The summed E-state index contributed by atoms with van der Waals surface area (Å²) in [5.41, 5.74) is 4.80. The van der Waals surface area contributed by atoms with E-state index in [0.29, 0.717) is 5.92 Å². The maximum Gasteiger partial charge on any atom is 0.271 e. The molecule has 0 bridgehead atoms. The van der Waals surface area contributed by atoms with E-state index >= 15 is 0 Å². The third-order valence-electron chi connectivity index (χ3n) is 3.69. The zero-order chi connectivity index (χ0) is 12.8. The van der Waals surface area contributed by atoms with Gasteiger partial charge >= 0.3 is 0 Å². The second-order valence-electron chi connectivity index (χ2n) is 5.06. The van der Waals surface area contributed by atoms with Crippen LogP contribution in [0.2, 0.25) is 0 Å². The molecule has 2 aliphatic rings. The van der Waals surface area contributed by atoms with Gasteiger partial charge in [0.25, 0.3) is 5.56 Å². The lowest BCUT2D eigenvalue weighted by molar-refractivity contribution is 0.955. The van der Waals surface area contributed by atoms with Gasteiger partial charge in [-0.1, -0.05) is 18.2 Å². The molecule has 0 radical (unpaired) electrons. The van der Waals surface area contributed by atoms with Gasteiger partial charge in [-0.05, 0) is 25.0 Å². The topological polar surface area (TPSA) is 61.0 Å². The van der Waals surface area contributed by atoms with E-state index in [2.05, 4.69) is 15.2 Å². The summed E-state index contributed by atoms with van der Waals surface area (Å²) < 4.78 is 0. The van der Waals surface area contributed by atoms with E-state index in [4.69, 9.17) is 0 Å². The molecular weight excluding hydrogens is 238 g/mol. The third kappa shape index (κ3) is 1.68. The fourth-order valence-electron chi connectivity index (χ4n) is 2.53. The Balaban J connectivity index is 1.84. The predicted octanol–water partition coefficient (Wildman–Crippen LogP) is 2.84. The van der Waals surface area contributed by atoms with Crippen molar-refractivity contribution in [3.05, 3.63) is 51.4 Å². The smallest absolute Gasteiger partial charge is 0.271 e. The average molecular weight is 251 g/mol. The first kappa shape index (κ1) is 10.6. The van der Waals surface area contributed by atoms with Crippen molar-refractivity contribution in [2.75, 3.05) is 0 Å². The van der Waals surface area contributed by atoms with Gasteiger partial charge in [-0.2, -0.15) is 0 Å². The lowest BCUT2D eigenvalue weighted by atomic mass is 10.0. The molecule has 1 saturated carbocycles. The summed E-state index contributed by atoms with van der Waals surface area (Å²) in [6.45, 7) is 0. The standard InChI is InChI=1S/C15H13N3O/c19-15-12(14(17-18-15)9-5-6-9)7-10-8-16-13-4-2-1-3-11(10)13/h1-4,7-9H,5-6H2,(H2,17,18,19)/b10-7-. The fourth-order valence-corrected chi connectivity index (χ4v) is 2.53. The van der Waals surface area contributed by atoms with E-state index in [1.807, 2.05) is 36.6 Å². The van der Waals surface area contributed by atoms with Crippen LogP contribution < -0.4 is 5.56 Å². The summed E-state index contributed by atoms with van der Waals surface area (Å²) in [4.78, 5) is 16.3. The number of benzene rings is 1. The number of aliphatic imine (C=N–C) groups is 1. The first-order valence-electron chi connectivity index (χ1n) is 6.48. The number of allylic oxidation sites excluding steroid dienone is 1. The van der Waals surface area contributed by atoms with E-state index in [1.165, 1.54) is 0 Å². The lowest BCUT2D eigenvalue weighted by Crippen LogP contribution is -2.02. The maximum absolute atomic E-state index is 11.9. The second-order valence-corrected chi connectivity index (χ2v) is 5.06. The molecule has 0 spiro atoms. The summed E-state index contributed by atoms with van der Waals surface area (Å²) in [7, 11) is 0. The molecule has 94 valence electrons. The van der Waals surface area contributed by atoms with Crippen LogP contribution in [0.4, 0.5) is 5.69 Å². The van der Waals surface area contributed by atoms with Gasteiger partial charge in [0.15, 0.2) is 0 Å². The van der Waals surface area contributed by atoms with E-state index in [9.17, 15) is 4.79 Å². The largest absolute Gasteiger partial charge is 0.301 e. The molecule has 1 aliphatic heterocycles. The minimum Gasteiger partial charge on any atom is -0.301 e. The van der Waals surface area contributed by atoms with Crippen molar-refractivity contribution in [3.8, 4) is 0 Å². The van der Waals surface area contributed by atoms with Gasteiger partial charge in [0, 0.05) is 29.0 Å². The Morgan fingerprint density at radius 3 is 2.89 bits per heavy atom. The number of rotatable bonds is 2. The number of aromatic amines is 2. The Kier molecular flexibility index (Phi) is 2.12. The highest BCUT2D eigenvalue weighted by Crippen LogP contribution is 2.41. The number of para-hydroxylation sites is 1. The minimum absolute atomic E-state index is 0.0489.